The molecule has 0 radical (unpaired) electrons. The maximum atomic E-state index is 12.8. The summed E-state index contributed by atoms with van der Waals surface area (Å²) in [6, 6.07) is 3.61. The number of alkyl halides is 3. The third-order valence-electron chi connectivity index (χ3n) is 3.92. The molecule has 0 unspecified atom stereocenters. The second-order valence-corrected chi connectivity index (χ2v) is 9.26. The first-order valence-electron chi connectivity index (χ1n) is 8.06. The van der Waals surface area contributed by atoms with Crippen molar-refractivity contribution in [3.63, 3.8) is 0 Å². The molecule has 0 saturated carbocycles. The molecule has 0 aromatic carbocycles. The molecule has 0 fully saturated rings. The van der Waals surface area contributed by atoms with E-state index in [1.165, 1.54) is 16.4 Å². The fraction of sp³-hybridized carbons (Fsp3) is 0.375. The highest BCUT2D eigenvalue weighted by atomic mass is 35.5. The van der Waals surface area contributed by atoms with Gasteiger partial charge in [-0.1, -0.05) is 25.4 Å². The summed E-state index contributed by atoms with van der Waals surface area (Å²) in [6.07, 6.45) is -2.95. The summed E-state index contributed by atoms with van der Waals surface area (Å²) in [5.41, 5.74) is -1.00. The molecule has 154 valence electrons. The van der Waals surface area contributed by atoms with Crippen LogP contribution in [-0.2, 0) is 16.2 Å². The van der Waals surface area contributed by atoms with E-state index >= 15 is 0 Å². The van der Waals surface area contributed by atoms with Gasteiger partial charge in [0.25, 0.3) is 10.0 Å². The molecule has 2 aromatic rings. The molecular formula is C16H17ClF3N3O3S2. The predicted molar refractivity (Wildman–Crippen MR) is 101 cm³/mol. The lowest BCUT2D eigenvalue weighted by Crippen LogP contribution is -2.29. The van der Waals surface area contributed by atoms with Crippen LogP contribution in [0.5, 0.6) is 0 Å². The molecule has 2 heterocycles. The van der Waals surface area contributed by atoms with Crippen molar-refractivity contribution in [3.05, 3.63) is 45.6 Å². The minimum absolute atomic E-state index is 0.0149. The first-order valence-corrected chi connectivity index (χ1v) is 10.7. The molecule has 28 heavy (non-hydrogen) atoms. The Hall–Kier alpha value is -1.69. The molecule has 12 heteroatoms. The van der Waals surface area contributed by atoms with Crippen LogP contribution in [0.25, 0.3) is 0 Å². The van der Waals surface area contributed by atoms with Crippen molar-refractivity contribution in [2.45, 2.75) is 30.2 Å². The van der Waals surface area contributed by atoms with Gasteiger partial charge in [0.2, 0.25) is 0 Å². The molecule has 0 amide bonds. The number of rotatable bonds is 7. The SMILES string of the molecule is CCN(CC)S(=O)(=O)c1ccc([C@H](/C=N\O)c2ncc(C(F)(F)F)cc2Cl)s1. The highest BCUT2D eigenvalue weighted by Gasteiger charge is 2.33. The Morgan fingerprint density at radius 3 is 2.50 bits per heavy atom. The highest BCUT2D eigenvalue weighted by molar-refractivity contribution is 7.91. The van der Waals surface area contributed by atoms with Gasteiger partial charge in [-0.15, -0.1) is 16.5 Å². The van der Waals surface area contributed by atoms with Crippen molar-refractivity contribution in [3.8, 4) is 0 Å². The van der Waals surface area contributed by atoms with E-state index in [9.17, 15) is 21.6 Å². The molecule has 0 aliphatic carbocycles. The van der Waals surface area contributed by atoms with Crippen LogP contribution in [0.3, 0.4) is 0 Å². The molecule has 0 aliphatic heterocycles. The first-order chi connectivity index (χ1) is 13.1. The standard InChI is InChI=1S/C16H17ClF3N3O3S2/c1-3-23(4-2)28(25,26)14-6-5-13(27-14)11(9-22-24)15-12(17)7-10(8-21-15)16(18,19)20/h5-9,11,24H,3-4H2,1-2H3/b22-9-/t11-/m0/s1. The third kappa shape index (κ3) is 4.65. The van der Waals surface area contributed by atoms with Crippen molar-refractivity contribution in [1.29, 1.82) is 0 Å². The first kappa shape index (κ1) is 22.6. The zero-order valence-electron chi connectivity index (χ0n) is 14.8. The Labute approximate surface area is 169 Å². The third-order valence-corrected chi connectivity index (χ3v) is 7.90. The van der Waals surface area contributed by atoms with Gasteiger partial charge in [0.05, 0.1) is 28.4 Å². The van der Waals surface area contributed by atoms with Crippen molar-refractivity contribution < 1.29 is 26.8 Å². The molecule has 1 N–H and O–H groups in total. The number of thiophene rings is 1. The van der Waals surface area contributed by atoms with E-state index in [4.69, 9.17) is 16.8 Å². The van der Waals surface area contributed by atoms with Gasteiger partial charge in [-0.3, -0.25) is 4.98 Å². The van der Waals surface area contributed by atoms with Gasteiger partial charge in [0, 0.05) is 24.2 Å². The van der Waals surface area contributed by atoms with Crippen LogP contribution < -0.4 is 0 Å². The fourth-order valence-corrected chi connectivity index (χ4v) is 5.80. The molecule has 2 aromatic heterocycles. The van der Waals surface area contributed by atoms with Gasteiger partial charge < -0.3 is 5.21 Å². The van der Waals surface area contributed by atoms with Crippen molar-refractivity contribution in [2.75, 3.05) is 13.1 Å². The summed E-state index contributed by atoms with van der Waals surface area (Å²) in [4.78, 5) is 4.17. The number of sulfonamides is 1. The maximum absolute atomic E-state index is 12.8. The van der Waals surface area contributed by atoms with E-state index in [1.807, 2.05) is 0 Å². The van der Waals surface area contributed by atoms with Crippen LogP contribution in [0.4, 0.5) is 13.2 Å². The monoisotopic (exact) mass is 455 g/mol. The van der Waals surface area contributed by atoms with Crippen LogP contribution >= 0.6 is 22.9 Å². The summed E-state index contributed by atoms with van der Waals surface area (Å²) in [5.74, 6) is -0.912. The van der Waals surface area contributed by atoms with Gasteiger partial charge in [0.1, 0.15) is 4.21 Å². The summed E-state index contributed by atoms with van der Waals surface area (Å²) in [5, 5.41) is 11.6. The Balaban J connectivity index is 2.48. The Morgan fingerprint density at radius 1 is 1.36 bits per heavy atom. The number of pyridine rings is 1. The molecule has 1 atom stereocenters. The quantitative estimate of drug-likeness (QED) is 0.380. The van der Waals surface area contributed by atoms with Crippen LogP contribution in [0.1, 0.15) is 35.9 Å². The molecule has 0 bridgehead atoms. The lowest BCUT2D eigenvalue weighted by atomic mass is 10.0. The van der Waals surface area contributed by atoms with Gasteiger partial charge >= 0.3 is 6.18 Å². The van der Waals surface area contributed by atoms with E-state index in [-0.39, 0.29) is 14.9 Å². The molecule has 6 nitrogen and oxygen atoms in total. The Bertz CT molecular complexity index is 958. The summed E-state index contributed by atoms with van der Waals surface area (Å²) < 4.78 is 65.1. The largest absolute Gasteiger partial charge is 0.417 e. The topological polar surface area (TPSA) is 82.9 Å². The lowest BCUT2D eigenvalue weighted by molar-refractivity contribution is -0.137. The van der Waals surface area contributed by atoms with Gasteiger partial charge in [-0.05, 0) is 18.2 Å². The van der Waals surface area contributed by atoms with E-state index in [2.05, 4.69) is 10.1 Å². The second kappa shape index (κ2) is 8.76. The van der Waals surface area contributed by atoms with Crippen LogP contribution in [-0.4, -0.2) is 42.2 Å². The molecule has 2 rings (SSSR count). The van der Waals surface area contributed by atoms with E-state index in [1.54, 1.807) is 13.8 Å². The predicted octanol–water partition coefficient (Wildman–Crippen LogP) is 4.44. The molecule has 0 saturated heterocycles. The van der Waals surface area contributed by atoms with Gasteiger partial charge in [-0.25, -0.2) is 8.42 Å². The van der Waals surface area contributed by atoms with Crippen LogP contribution in [0.2, 0.25) is 5.02 Å². The van der Waals surface area contributed by atoms with Crippen molar-refractivity contribution >= 4 is 39.2 Å². The summed E-state index contributed by atoms with van der Waals surface area (Å²) in [7, 11) is -3.70. The minimum Gasteiger partial charge on any atom is -0.411 e. The van der Waals surface area contributed by atoms with E-state index in [0.29, 0.717) is 24.2 Å². The maximum Gasteiger partial charge on any atom is 0.417 e. The molecular weight excluding hydrogens is 439 g/mol. The number of halogens is 4. The Morgan fingerprint density at radius 2 is 2.00 bits per heavy atom. The minimum atomic E-state index is -4.61. The van der Waals surface area contributed by atoms with Gasteiger partial charge in [-0.2, -0.15) is 17.5 Å². The average Bonchev–Trinajstić information content (AvgIpc) is 3.10. The zero-order chi connectivity index (χ0) is 21.1. The van der Waals surface area contributed by atoms with Crippen molar-refractivity contribution in [1.82, 2.24) is 9.29 Å². The number of aromatic nitrogens is 1. The lowest BCUT2D eigenvalue weighted by Gasteiger charge is -2.17. The number of nitrogens with zero attached hydrogens (tertiary/aromatic N) is 3. The van der Waals surface area contributed by atoms with Crippen LogP contribution in [0, 0.1) is 0 Å². The summed E-state index contributed by atoms with van der Waals surface area (Å²) in [6.45, 7) is 4.01. The van der Waals surface area contributed by atoms with E-state index < -0.39 is 27.7 Å². The fourth-order valence-electron chi connectivity index (χ4n) is 2.51. The number of hydrogen-bond donors (Lipinski definition) is 1. The van der Waals surface area contributed by atoms with E-state index in [0.717, 1.165) is 23.6 Å². The second-order valence-electron chi connectivity index (χ2n) is 5.58. The Kier molecular flexibility index (Phi) is 7.07. The number of hydrogen-bond acceptors (Lipinski definition) is 6. The average molecular weight is 456 g/mol. The van der Waals surface area contributed by atoms with Crippen LogP contribution in [0.15, 0.2) is 33.8 Å². The van der Waals surface area contributed by atoms with Crippen molar-refractivity contribution in [2.24, 2.45) is 5.16 Å². The highest BCUT2D eigenvalue weighted by Crippen LogP contribution is 2.37. The molecule has 0 aliphatic rings. The smallest absolute Gasteiger partial charge is 0.411 e. The normalized spacial score (nSPS) is 14.1. The number of oxime groups is 1. The molecule has 0 spiro atoms. The van der Waals surface area contributed by atoms with Gasteiger partial charge in [0.15, 0.2) is 0 Å². The zero-order valence-corrected chi connectivity index (χ0v) is 17.2. The summed E-state index contributed by atoms with van der Waals surface area (Å²) >= 11 is 6.89.